The number of nitrogens with two attached hydrogens (primary N) is 1. The third-order valence-electron chi connectivity index (χ3n) is 2.87. The van der Waals surface area contributed by atoms with Gasteiger partial charge in [-0.15, -0.1) is 0 Å². The zero-order chi connectivity index (χ0) is 15.4. The summed E-state index contributed by atoms with van der Waals surface area (Å²) in [6.45, 7) is 2.37. The van der Waals surface area contributed by atoms with Crippen molar-refractivity contribution in [1.29, 1.82) is 0 Å². The molecule has 0 aliphatic rings. The van der Waals surface area contributed by atoms with Gasteiger partial charge in [-0.1, -0.05) is 17.7 Å². The van der Waals surface area contributed by atoms with Gasteiger partial charge < -0.3 is 16.4 Å². The highest BCUT2D eigenvalue weighted by Gasteiger charge is 2.10. The summed E-state index contributed by atoms with van der Waals surface area (Å²) in [5.74, 6) is -0.754. The molecule has 0 spiro atoms. The lowest BCUT2D eigenvalue weighted by Gasteiger charge is -2.12. The zero-order valence-corrected chi connectivity index (χ0v) is 12.2. The van der Waals surface area contributed by atoms with Crippen molar-refractivity contribution >= 4 is 34.6 Å². The summed E-state index contributed by atoms with van der Waals surface area (Å²) in [7, 11) is 0. The lowest BCUT2D eigenvalue weighted by molar-refractivity contribution is 0.0956. The topological polar surface area (TPSA) is 67.2 Å². The number of carbonyl (C=O) groups excluding carboxylic acids is 1. The van der Waals surface area contributed by atoms with Crippen LogP contribution in [0.1, 0.15) is 17.3 Å². The number of hydrogen-bond donors (Lipinski definition) is 3. The molecule has 0 radical (unpaired) electrons. The summed E-state index contributed by atoms with van der Waals surface area (Å²) in [5, 5.41) is 5.57. The van der Waals surface area contributed by atoms with Crippen LogP contribution in [0.4, 0.5) is 21.5 Å². The molecule has 0 aromatic heterocycles. The molecule has 0 saturated carbocycles. The number of benzene rings is 2. The molecule has 0 heterocycles. The Bertz CT molecular complexity index is 676. The van der Waals surface area contributed by atoms with Crippen molar-refractivity contribution in [2.75, 3.05) is 17.6 Å². The Labute approximate surface area is 127 Å². The molecule has 0 aliphatic heterocycles. The largest absolute Gasteiger partial charge is 0.397 e. The molecule has 4 nitrogen and oxygen atoms in total. The first kappa shape index (κ1) is 15.1. The second-order valence-corrected chi connectivity index (χ2v) is 4.80. The monoisotopic (exact) mass is 307 g/mol. The van der Waals surface area contributed by atoms with Crippen LogP contribution in [0, 0.1) is 5.82 Å². The normalized spacial score (nSPS) is 10.2. The minimum absolute atomic E-state index is 0.0255. The van der Waals surface area contributed by atoms with Crippen molar-refractivity contribution in [2.24, 2.45) is 0 Å². The molecule has 2 aromatic carbocycles. The van der Waals surface area contributed by atoms with Crippen LogP contribution in [0.5, 0.6) is 0 Å². The summed E-state index contributed by atoms with van der Waals surface area (Å²) >= 11 is 5.72. The van der Waals surface area contributed by atoms with Crippen LogP contribution in [0.3, 0.4) is 0 Å². The fraction of sp³-hybridized carbons (Fsp3) is 0.133. The maximum absolute atomic E-state index is 13.8. The van der Waals surface area contributed by atoms with Crippen LogP contribution in [0.25, 0.3) is 0 Å². The highest BCUT2D eigenvalue weighted by atomic mass is 35.5. The number of nitrogen functional groups attached to an aromatic ring is 1. The highest BCUT2D eigenvalue weighted by Crippen LogP contribution is 2.28. The lowest BCUT2D eigenvalue weighted by atomic mass is 10.1. The van der Waals surface area contributed by atoms with E-state index < -0.39 is 5.82 Å². The molecule has 110 valence electrons. The summed E-state index contributed by atoms with van der Waals surface area (Å²) in [6, 6.07) is 9.43. The number of rotatable bonds is 4. The predicted molar refractivity (Wildman–Crippen MR) is 83.6 cm³/mol. The molecule has 1 amide bonds. The Balaban J connectivity index is 2.25. The average molecular weight is 308 g/mol. The van der Waals surface area contributed by atoms with E-state index in [2.05, 4.69) is 10.6 Å². The SMILES string of the molecule is CCNC(=O)c1ccc(Nc2cccc(Cl)c2F)c(N)c1. The van der Waals surface area contributed by atoms with Gasteiger partial charge in [-0.3, -0.25) is 4.79 Å². The van der Waals surface area contributed by atoms with Crippen molar-refractivity contribution in [1.82, 2.24) is 5.32 Å². The molecule has 4 N–H and O–H groups in total. The third kappa shape index (κ3) is 3.44. The van der Waals surface area contributed by atoms with Crippen LogP contribution >= 0.6 is 11.6 Å². The van der Waals surface area contributed by atoms with E-state index in [0.29, 0.717) is 23.5 Å². The maximum atomic E-state index is 13.8. The van der Waals surface area contributed by atoms with Gasteiger partial charge in [-0.05, 0) is 37.3 Å². The zero-order valence-electron chi connectivity index (χ0n) is 11.4. The standard InChI is InChI=1S/C15H15ClFN3O/c1-2-19-15(21)9-6-7-12(11(18)8-9)20-13-5-3-4-10(16)14(13)17/h3-8,20H,2,18H2,1H3,(H,19,21). The minimum Gasteiger partial charge on any atom is -0.397 e. The molecule has 0 unspecified atom stereocenters. The van der Waals surface area contributed by atoms with Gasteiger partial charge in [0.05, 0.1) is 22.1 Å². The van der Waals surface area contributed by atoms with Crippen molar-refractivity contribution in [2.45, 2.75) is 6.92 Å². The molecule has 21 heavy (non-hydrogen) atoms. The quantitative estimate of drug-likeness (QED) is 0.757. The Morgan fingerprint density at radius 1 is 1.29 bits per heavy atom. The van der Waals surface area contributed by atoms with Crippen molar-refractivity contribution in [3.63, 3.8) is 0 Å². The molecule has 0 atom stereocenters. The van der Waals surface area contributed by atoms with Gasteiger partial charge >= 0.3 is 0 Å². The first-order valence-corrected chi connectivity index (χ1v) is 6.79. The molecule has 0 aliphatic carbocycles. The molecule has 6 heteroatoms. The molecule has 0 saturated heterocycles. The van der Waals surface area contributed by atoms with Gasteiger partial charge in [-0.2, -0.15) is 0 Å². The number of amides is 1. The number of carbonyl (C=O) groups is 1. The Hall–Kier alpha value is -2.27. The maximum Gasteiger partial charge on any atom is 0.251 e. The molecule has 0 fully saturated rings. The summed E-state index contributed by atoms with van der Waals surface area (Å²) < 4.78 is 13.8. The first-order chi connectivity index (χ1) is 10.0. The second-order valence-electron chi connectivity index (χ2n) is 4.39. The first-order valence-electron chi connectivity index (χ1n) is 6.41. The van der Waals surface area contributed by atoms with E-state index in [0.717, 1.165) is 0 Å². The second kappa shape index (κ2) is 6.45. The van der Waals surface area contributed by atoms with E-state index in [1.165, 1.54) is 12.1 Å². The van der Waals surface area contributed by atoms with Crippen LogP contribution < -0.4 is 16.4 Å². The van der Waals surface area contributed by atoms with Gasteiger partial charge in [0.15, 0.2) is 5.82 Å². The number of hydrogen-bond acceptors (Lipinski definition) is 3. The molecular formula is C15H15ClFN3O. The van der Waals surface area contributed by atoms with Gasteiger partial charge in [0, 0.05) is 12.1 Å². The molecule has 2 rings (SSSR count). The lowest BCUT2D eigenvalue weighted by Crippen LogP contribution is -2.22. The fourth-order valence-corrected chi connectivity index (χ4v) is 2.00. The fourth-order valence-electron chi connectivity index (χ4n) is 1.83. The van der Waals surface area contributed by atoms with Crippen LogP contribution in [0.15, 0.2) is 36.4 Å². The van der Waals surface area contributed by atoms with Crippen LogP contribution in [-0.2, 0) is 0 Å². The van der Waals surface area contributed by atoms with E-state index in [9.17, 15) is 9.18 Å². The number of halogens is 2. The van der Waals surface area contributed by atoms with Crippen molar-refractivity contribution in [3.05, 3.63) is 52.8 Å². The van der Waals surface area contributed by atoms with Gasteiger partial charge in [0.25, 0.3) is 5.91 Å². The summed E-state index contributed by atoms with van der Waals surface area (Å²) in [6.07, 6.45) is 0. The van der Waals surface area contributed by atoms with Crippen molar-refractivity contribution in [3.8, 4) is 0 Å². The highest BCUT2D eigenvalue weighted by molar-refractivity contribution is 6.31. The smallest absolute Gasteiger partial charge is 0.251 e. The Kier molecular flexibility index (Phi) is 4.65. The summed E-state index contributed by atoms with van der Waals surface area (Å²) in [5.41, 5.74) is 7.42. The van der Waals surface area contributed by atoms with Gasteiger partial charge in [0.2, 0.25) is 0 Å². The van der Waals surface area contributed by atoms with E-state index in [4.69, 9.17) is 17.3 Å². The average Bonchev–Trinajstić information content (AvgIpc) is 2.46. The van der Waals surface area contributed by atoms with E-state index in [-0.39, 0.29) is 16.6 Å². The van der Waals surface area contributed by atoms with Gasteiger partial charge in [0.1, 0.15) is 0 Å². The molecule has 2 aromatic rings. The minimum atomic E-state index is -0.550. The summed E-state index contributed by atoms with van der Waals surface area (Å²) in [4.78, 5) is 11.7. The number of nitrogens with one attached hydrogen (secondary N) is 2. The van der Waals surface area contributed by atoms with Gasteiger partial charge in [-0.25, -0.2) is 4.39 Å². The van der Waals surface area contributed by atoms with Crippen LogP contribution in [-0.4, -0.2) is 12.5 Å². The van der Waals surface area contributed by atoms with Crippen molar-refractivity contribution < 1.29 is 9.18 Å². The van der Waals surface area contributed by atoms with E-state index >= 15 is 0 Å². The predicted octanol–water partition coefficient (Wildman–Crippen LogP) is 3.55. The molecular weight excluding hydrogens is 293 g/mol. The Morgan fingerprint density at radius 2 is 2.05 bits per heavy atom. The number of anilines is 3. The Morgan fingerprint density at radius 3 is 2.71 bits per heavy atom. The third-order valence-corrected chi connectivity index (χ3v) is 3.16. The van der Waals surface area contributed by atoms with E-state index in [1.54, 1.807) is 24.3 Å². The molecule has 0 bridgehead atoms. The van der Waals surface area contributed by atoms with Crippen LogP contribution in [0.2, 0.25) is 5.02 Å². The van der Waals surface area contributed by atoms with E-state index in [1.807, 2.05) is 6.92 Å².